The minimum absolute atomic E-state index is 0.122. The Labute approximate surface area is 230 Å². The van der Waals surface area contributed by atoms with E-state index in [4.69, 9.17) is 0 Å². The number of hydrogen-bond donors (Lipinski definition) is 0. The molecule has 0 aliphatic heterocycles. The van der Waals surface area contributed by atoms with Gasteiger partial charge < -0.3 is 0 Å². The van der Waals surface area contributed by atoms with Crippen molar-refractivity contribution < 1.29 is 10.5 Å². The molecule has 0 saturated heterocycles. The second kappa shape index (κ2) is 12.9. The number of hydrogen-bond acceptors (Lipinski definition) is 2. The third-order valence-electron chi connectivity index (χ3n) is 5.16. The third kappa shape index (κ3) is 7.83. The number of rotatable bonds is 6. The Hall–Kier alpha value is -0.851. The Morgan fingerprint density at radius 3 is 1.24 bits per heavy atom. The van der Waals surface area contributed by atoms with Crippen molar-refractivity contribution in [2.24, 2.45) is 0 Å². The molecule has 9 heteroatoms. The van der Waals surface area contributed by atoms with Crippen LogP contribution < -0.4 is 15.9 Å². The van der Waals surface area contributed by atoms with Crippen LogP contribution in [-0.4, -0.2) is 4.92 Å². The maximum absolute atomic E-state index is 11.1. The molecule has 0 N–H and O–H groups in total. The van der Waals surface area contributed by atoms with E-state index in [1.165, 1.54) is 15.9 Å². The van der Waals surface area contributed by atoms with E-state index < -0.39 is 12.9 Å². The summed E-state index contributed by atoms with van der Waals surface area (Å²) in [6.07, 6.45) is 0.809. The van der Waals surface area contributed by atoms with Gasteiger partial charge in [0.1, 0.15) is 23.2 Å². The van der Waals surface area contributed by atoms with Crippen LogP contribution in [0.1, 0.15) is 5.56 Å². The van der Waals surface area contributed by atoms with Crippen LogP contribution in [0.3, 0.4) is 0 Å². The fraction of sp³-hybridized carbons (Fsp3) is 0.0400. The van der Waals surface area contributed by atoms with Gasteiger partial charge in [0.25, 0.3) is 5.69 Å². The molecule has 0 saturated carbocycles. The molecule has 0 aliphatic rings. The fourth-order valence-corrected chi connectivity index (χ4v) is 8.01. The van der Waals surface area contributed by atoms with Crippen molar-refractivity contribution in [2.45, 2.75) is 6.16 Å². The summed E-state index contributed by atoms with van der Waals surface area (Å²) in [5.74, 6) is 0. The summed E-state index contributed by atoms with van der Waals surface area (Å²) in [6.45, 7) is 0. The van der Waals surface area contributed by atoms with Crippen molar-refractivity contribution in [3.8, 4) is 0 Å². The Bertz CT molecular complexity index is 1090. The maximum atomic E-state index is 11.1. The van der Waals surface area contributed by atoms with Crippen LogP contribution in [-0.2, 0) is 11.8 Å². The van der Waals surface area contributed by atoms with Crippen LogP contribution in [0, 0.1) is 10.1 Å². The zero-order chi connectivity index (χ0) is 24.6. The van der Waals surface area contributed by atoms with E-state index in [0.717, 1.165) is 11.7 Å². The second-order valence-electron chi connectivity index (χ2n) is 7.20. The fourth-order valence-electron chi connectivity index (χ4n) is 3.77. The quantitative estimate of drug-likeness (QED) is 0.0855. The van der Waals surface area contributed by atoms with E-state index in [-0.39, 0.29) is 10.6 Å². The summed E-state index contributed by atoms with van der Waals surface area (Å²) in [4.78, 5) is 10.7. The van der Waals surface area contributed by atoms with Crippen LogP contribution in [0.2, 0.25) is 0 Å². The van der Waals surface area contributed by atoms with Crippen LogP contribution in [0.25, 0.3) is 0 Å². The van der Waals surface area contributed by atoms with Gasteiger partial charge in [-0.25, -0.2) is 0 Å². The molecule has 3 nitrogen and oxygen atoms in total. The van der Waals surface area contributed by atoms with Crippen molar-refractivity contribution >= 4 is 85.3 Å². The zero-order valence-electron chi connectivity index (χ0n) is 17.8. The normalized spacial score (nSPS) is 11.8. The van der Waals surface area contributed by atoms with Crippen LogP contribution in [0.4, 0.5) is 5.69 Å². The van der Waals surface area contributed by atoms with E-state index in [9.17, 15) is 10.1 Å². The molecule has 4 rings (SSSR count). The zero-order valence-corrected chi connectivity index (χ0v) is 26.1. The van der Waals surface area contributed by atoms with Crippen LogP contribution in [0.5, 0.6) is 0 Å². The molecule has 0 bridgehead atoms. The number of non-ortho nitro benzene ring substituents is 1. The van der Waals surface area contributed by atoms with Gasteiger partial charge in [-0.1, -0.05) is 54.6 Å². The summed E-state index contributed by atoms with van der Waals surface area (Å²) in [5.41, 5.74) is -0.0303. The first-order chi connectivity index (χ1) is 16.2. The monoisotopic (exact) mass is 770 g/mol. The van der Waals surface area contributed by atoms with Crippen LogP contribution >= 0.6 is 63.7 Å². The summed E-state index contributed by atoms with van der Waals surface area (Å²) in [5, 5.41) is 15.0. The summed E-state index contributed by atoms with van der Waals surface area (Å²) in [6, 6.07) is 38.9. The van der Waals surface area contributed by atoms with Crippen molar-refractivity contribution in [3.63, 3.8) is 0 Å². The van der Waals surface area contributed by atoms with Crippen molar-refractivity contribution in [2.75, 3.05) is 0 Å². The molecule has 0 atom stereocenters. The molecule has 179 valence electrons. The summed E-state index contributed by atoms with van der Waals surface area (Å²) in [7, 11) is -1.98. The molecular formula is C25H21Br4FeNO2P. The topological polar surface area (TPSA) is 43.1 Å². The SMILES string of the molecule is O=[N+]([O-])c1ccc(C[P+](c2ccccc2)(c2ccccc2)c2ccccc2)cc1.[Br][Fe-]([Br])([Br])[Br]. The number of nitro groups is 1. The molecule has 0 radical (unpaired) electrons. The van der Waals surface area contributed by atoms with Gasteiger partial charge in [-0.05, 0) is 54.1 Å². The molecule has 4 aromatic rings. The average molecular weight is 774 g/mol. The second-order valence-corrected chi connectivity index (χ2v) is 44.1. The number of nitro benzene ring substituents is 1. The van der Waals surface area contributed by atoms with Gasteiger partial charge >= 0.3 is 62.1 Å². The number of halogens is 4. The molecule has 0 fully saturated rings. The molecule has 0 amide bonds. The van der Waals surface area contributed by atoms with Crippen molar-refractivity contribution in [1.29, 1.82) is 0 Å². The Morgan fingerprint density at radius 1 is 0.618 bits per heavy atom. The van der Waals surface area contributed by atoms with Gasteiger partial charge in [0.15, 0.2) is 0 Å². The van der Waals surface area contributed by atoms with E-state index in [2.05, 4.69) is 129 Å². The molecule has 0 aromatic heterocycles. The van der Waals surface area contributed by atoms with Gasteiger partial charge in [0, 0.05) is 12.1 Å². The first kappa shape index (κ1) is 27.7. The van der Waals surface area contributed by atoms with Crippen molar-refractivity contribution in [1.82, 2.24) is 0 Å². The van der Waals surface area contributed by atoms with Gasteiger partial charge in [0.2, 0.25) is 0 Å². The number of benzene rings is 4. The van der Waals surface area contributed by atoms with E-state index in [1.54, 1.807) is 12.1 Å². The standard InChI is InChI=1S/C25H21NO2P.4BrH.Fe/c27-26(28)22-18-16-21(17-19-22)20-29(23-10-4-1-5-11-23,24-12-6-2-7-13-24)25-14-8-3-9-15-25;;;;;/h1-19H,20H2;4*1H;/q+1;;;;;+3/p-4. The Kier molecular flexibility index (Phi) is 10.5. The van der Waals surface area contributed by atoms with Gasteiger partial charge in [0.05, 0.1) is 11.1 Å². The Balaban J connectivity index is 0.000000588. The first-order valence-electron chi connectivity index (χ1n) is 10.0. The molecule has 34 heavy (non-hydrogen) atoms. The molecule has 0 unspecified atom stereocenters. The molecule has 0 spiro atoms. The predicted molar refractivity (Wildman–Crippen MR) is 158 cm³/mol. The summed E-state index contributed by atoms with van der Waals surface area (Å²) < 4.78 is 0. The number of nitrogens with zero attached hydrogens (tertiary/aromatic N) is 1. The van der Waals surface area contributed by atoms with Gasteiger partial charge in [-0.15, -0.1) is 0 Å². The summed E-state index contributed by atoms with van der Waals surface area (Å²) >= 11 is 13.0. The van der Waals surface area contributed by atoms with E-state index >= 15 is 0 Å². The van der Waals surface area contributed by atoms with Gasteiger partial charge in [-0.3, -0.25) is 10.1 Å². The molecule has 0 aliphatic carbocycles. The van der Waals surface area contributed by atoms with E-state index in [0.29, 0.717) is 0 Å². The third-order valence-corrected chi connectivity index (χ3v) is 9.54. The molecule has 4 aromatic carbocycles. The molecular weight excluding hydrogens is 753 g/mol. The van der Waals surface area contributed by atoms with Crippen LogP contribution in [0.15, 0.2) is 115 Å². The van der Waals surface area contributed by atoms with Crippen molar-refractivity contribution in [3.05, 3.63) is 131 Å². The average Bonchev–Trinajstić information content (AvgIpc) is 2.83. The minimum atomic E-state index is -1.98. The Morgan fingerprint density at radius 2 is 0.941 bits per heavy atom. The first-order valence-corrected chi connectivity index (χ1v) is 22.9. The van der Waals surface area contributed by atoms with Gasteiger partial charge in [-0.2, -0.15) is 0 Å². The van der Waals surface area contributed by atoms with E-state index in [1.807, 2.05) is 30.3 Å². The molecule has 0 heterocycles. The predicted octanol–water partition coefficient (Wildman–Crippen LogP) is 8.47.